The van der Waals surface area contributed by atoms with Gasteiger partial charge in [-0.2, -0.15) is 0 Å². The van der Waals surface area contributed by atoms with Gasteiger partial charge in [-0.15, -0.1) is 0 Å². The smallest absolute Gasteiger partial charge is 0.105 e. The van der Waals surface area contributed by atoms with Crippen LogP contribution in [-0.2, 0) is 0 Å². The highest BCUT2D eigenvalue weighted by molar-refractivity contribution is 5.78. The van der Waals surface area contributed by atoms with Crippen LogP contribution < -0.4 is 5.73 Å². The van der Waals surface area contributed by atoms with Gasteiger partial charge < -0.3 is 5.73 Å². The number of hydrogen-bond acceptors (Lipinski definition) is 2. The van der Waals surface area contributed by atoms with Crippen molar-refractivity contribution in [2.45, 2.75) is 32.7 Å². The van der Waals surface area contributed by atoms with Gasteiger partial charge in [-0.05, 0) is 20.4 Å². The third-order valence-corrected chi connectivity index (χ3v) is 1.88. The standard InChI is InChI=1S/C8H19N3/c1-4-5-7(2)11(3)6-8(9)10/h7H,4-6H2,1-3H3,(H3,9,10). The Morgan fingerprint density at radius 1 is 1.64 bits per heavy atom. The van der Waals surface area contributed by atoms with Crippen LogP contribution in [0.15, 0.2) is 0 Å². The monoisotopic (exact) mass is 157 g/mol. The zero-order valence-electron chi connectivity index (χ0n) is 7.72. The van der Waals surface area contributed by atoms with Crippen LogP contribution in [0.5, 0.6) is 0 Å². The summed E-state index contributed by atoms with van der Waals surface area (Å²) in [6.45, 7) is 4.91. The predicted octanol–water partition coefficient (Wildman–Crippen LogP) is 1.04. The fraction of sp³-hybridized carbons (Fsp3) is 0.875. The van der Waals surface area contributed by atoms with E-state index in [1.807, 2.05) is 7.05 Å². The van der Waals surface area contributed by atoms with Crippen LogP contribution in [0.25, 0.3) is 0 Å². The van der Waals surface area contributed by atoms with E-state index >= 15 is 0 Å². The first-order chi connectivity index (χ1) is 5.07. The van der Waals surface area contributed by atoms with Crippen molar-refractivity contribution >= 4 is 5.84 Å². The lowest BCUT2D eigenvalue weighted by Crippen LogP contribution is -2.36. The van der Waals surface area contributed by atoms with Gasteiger partial charge >= 0.3 is 0 Å². The summed E-state index contributed by atoms with van der Waals surface area (Å²) < 4.78 is 0. The number of nitrogens with two attached hydrogens (primary N) is 1. The molecule has 3 N–H and O–H groups in total. The zero-order chi connectivity index (χ0) is 8.85. The van der Waals surface area contributed by atoms with Crippen molar-refractivity contribution in [1.82, 2.24) is 4.90 Å². The normalized spacial score (nSPS) is 13.5. The van der Waals surface area contributed by atoms with Gasteiger partial charge in [-0.1, -0.05) is 13.3 Å². The topological polar surface area (TPSA) is 53.1 Å². The molecule has 0 aliphatic rings. The molecule has 0 radical (unpaired) electrons. The second-order valence-corrected chi connectivity index (χ2v) is 3.08. The van der Waals surface area contributed by atoms with Crippen molar-refractivity contribution in [3.8, 4) is 0 Å². The second-order valence-electron chi connectivity index (χ2n) is 3.08. The summed E-state index contributed by atoms with van der Waals surface area (Å²) in [6, 6.07) is 0.531. The molecule has 0 spiro atoms. The van der Waals surface area contributed by atoms with E-state index in [1.54, 1.807) is 0 Å². The molecule has 0 fully saturated rings. The minimum absolute atomic E-state index is 0.246. The molecule has 0 heterocycles. The lowest BCUT2D eigenvalue weighted by Gasteiger charge is -2.23. The molecule has 11 heavy (non-hydrogen) atoms. The molecule has 0 aliphatic carbocycles. The first-order valence-electron chi connectivity index (χ1n) is 4.11. The number of hydrogen-bond donors (Lipinski definition) is 2. The Morgan fingerprint density at radius 2 is 2.18 bits per heavy atom. The van der Waals surface area contributed by atoms with E-state index in [1.165, 1.54) is 12.8 Å². The largest absolute Gasteiger partial charge is 0.387 e. The highest BCUT2D eigenvalue weighted by Crippen LogP contribution is 2.02. The molecule has 0 saturated heterocycles. The summed E-state index contributed by atoms with van der Waals surface area (Å²) in [4.78, 5) is 2.10. The molecule has 0 aromatic carbocycles. The number of rotatable bonds is 5. The molecule has 1 unspecified atom stereocenters. The molecule has 3 nitrogen and oxygen atoms in total. The quantitative estimate of drug-likeness (QED) is 0.463. The van der Waals surface area contributed by atoms with Gasteiger partial charge in [-0.3, -0.25) is 10.3 Å². The van der Waals surface area contributed by atoms with E-state index < -0.39 is 0 Å². The van der Waals surface area contributed by atoms with Crippen molar-refractivity contribution in [1.29, 1.82) is 5.41 Å². The minimum Gasteiger partial charge on any atom is -0.387 e. The molecule has 0 aromatic heterocycles. The summed E-state index contributed by atoms with van der Waals surface area (Å²) >= 11 is 0. The van der Waals surface area contributed by atoms with E-state index in [9.17, 15) is 0 Å². The number of nitrogens with one attached hydrogen (secondary N) is 1. The zero-order valence-corrected chi connectivity index (χ0v) is 7.72. The van der Waals surface area contributed by atoms with Gasteiger partial charge in [0, 0.05) is 6.04 Å². The Morgan fingerprint density at radius 3 is 2.55 bits per heavy atom. The summed E-state index contributed by atoms with van der Waals surface area (Å²) in [5, 5.41) is 7.09. The average Bonchev–Trinajstić information content (AvgIpc) is 1.86. The molecule has 0 amide bonds. The van der Waals surface area contributed by atoms with E-state index in [0.717, 1.165) is 0 Å². The molecule has 1 atom stereocenters. The maximum atomic E-state index is 7.09. The number of nitrogens with zero attached hydrogens (tertiary/aromatic N) is 1. The first-order valence-corrected chi connectivity index (χ1v) is 4.11. The average molecular weight is 157 g/mol. The van der Waals surface area contributed by atoms with Gasteiger partial charge in [0.25, 0.3) is 0 Å². The van der Waals surface area contributed by atoms with Crippen LogP contribution in [0.1, 0.15) is 26.7 Å². The molecule has 0 rings (SSSR count). The lowest BCUT2D eigenvalue weighted by molar-refractivity contribution is 0.276. The van der Waals surface area contributed by atoms with Crippen molar-refractivity contribution in [3.05, 3.63) is 0 Å². The molecular weight excluding hydrogens is 138 g/mol. The molecule has 0 saturated carbocycles. The van der Waals surface area contributed by atoms with E-state index in [0.29, 0.717) is 12.6 Å². The van der Waals surface area contributed by atoms with Crippen LogP contribution >= 0.6 is 0 Å². The summed E-state index contributed by atoms with van der Waals surface area (Å²) in [5.41, 5.74) is 5.27. The third kappa shape index (κ3) is 4.79. The summed E-state index contributed by atoms with van der Waals surface area (Å²) in [6.07, 6.45) is 2.35. The van der Waals surface area contributed by atoms with Crippen LogP contribution in [0.4, 0.5) is 0 Å². The molecular formula is C8H19N3. The Bertz CT molecular complexity index is 123. The molecule has 66 valence electrons. The first kappa shape index (κ1) is 10.4. The van der Waals surface area contributed by atoms with Crippen LogP contribution in [0.3, 0.4) is 0 Å². The van der Waals surface area contributed by atoms with Crippen molar-refractivity contribution in [3.63, 3.8) is 0 Å². The van der Waals surface area contributed by atoms with Crippen LogP contribution in [-0.4, -0.2) is 30.4 Å². The predicted molar refractivity (Wildman–Crippen MR) is 48.9 cm³/mol. The SMILES string of the molecule is CCCC(C)N(C)CC(=N)N. The van der Waals surface area contributed by atoms with Gasteiger partial charge in [0.2, 0.25) is 0 Å². The van der Waals surface area contributed by atoms with E-state index in [4.69, 9.17) is 11.1 Å². The fourth-order valence-electron chi connectivity index (χ4n) is 1.06. The minimum atomic E-state index is 0.246. The summed E-state index contributed by atoms with van der Waals surface area (Å²) in [5.74, 6) is 0.246. The third-order valence-electron chi connectivity index (χ3n) is 1.88. The maximum absolute atomic E-state index is 7.09. The number of amidine groups is 1. The van der Waals surface area contributed by atoms with Gasteiger partial charge in [0.05, 0.1) is 6.54 Å². The Kier molecular flexibility index (Phi) is 4.86. The van der Waals surface area contributed by atoms with E-state index in [-0.39, 0.29) is 5.84 Å². The molecule has 3 heteroatoms. The van der Waals surface area contributed by atoms with Crippen molar-refractivity contribution < 1.29 is 0 Å². The summed E-state index contributed by atoms with van der Waals surface area (Å²) in [7, 11) is 2.00. The highest BCUT2D eigenvalue weighted by atomic mass is 15.1. The van der Waals surface area contributed by atoms with Crippen LogP contribution in [0, 0.1) is 5.41 Å². The second kappa shape index (κ2) is 5.13. The molecule has 0 bridgehead atoms. The lowest BCUT2D eigenvalue weighted by atomic mass is 10.2. The van der Waals surface area contributed by atoms with Crippen LogP contribution in [0.2, 0.25) is 0 Å². The Balaban J connectivity index is 3.63. The van der Waals surface area contributed by atoms with Gasteiger partial charge in [0.15, 0.2) is 0 Å². The highest BCUT2D eigenvalue weighted by Gasteiger charge is 2.07. The number of likely N-dealkylation sites (N-methyl/N-ethyl adjacent to an activating group) is 1. The Labute approximate surface area is 69.1 Å². The fourth-order valence-corrected chi connectivity index (χ4v) is 1.06. The van der Waals surface area contributed by atoms with Crippen molar-refractivity contribution in [2.75, 3.05) is 13.6 Å². The molecule has 0 aliphatic heterocycles. The Hall–Kier alpha value is -0.570. The van der Waals surface area contributed by atoms with Crippen molar-refractivity contribution in [2.24, 2.45) is 5.73 Å². The van der Waals surface area contributed by atoms with Gasteiger partial charge in [0.1, 0.15) is 5.84 Å². The maximum Gasteiger partial charge on any atom is 0.105 e. The van der Waals surface area contributed by atoms with E-state index in [2.05, 4.69) is 18.7 Å². The molecule has 0 aromatic rings. The van der Waals surface area contributed by atoms with Gasteiger partial charge in [-0.25, -0.2) is 0 Å².